The molecule has 0 fully saturated rings. The van der Waals surface area contributed by atoms with Crippen LogP contribution in [0.3, 0.4) is 0 Å². The number of H-pyrrole nitrogens is 1. The van der Waals surface area contributed by atoms with Crippen LogP contribution < -0.4 is 0 Å². The van der Waals surface area contributed by atoms with Crippen LogP contribution in [-0.4, -0.2) is 4.98 Å². The minimum atomic E-state index is 0.468. The Kier molecular flexibility index (Phi) is 3.18. The molecule has 0 aliphatic carbocycles. The van der Waals surface area contributed by atoms with Gasteiger partial charge in [-0.15, -0.1) is 0 Å². The molecular formula is C12H7BrN2S. The zero-order valence-corrected chi connectivity index (χ0v) is 10.6. The second kappa shape index (κ2) is 4.60. The summed E-state index contributed by atoms with van der Waals surface area (Å²) >= 11 is 8.56. The third-order valence-electron chi connectivity index (χ3n) is 2.19. The van der Waals surface area contributed by atoms with Gasteiger partial charge in [-0.05, 0) is 18.2 Å². The van der Waals surface area contributed by atoms with E-state index in [1.807, 2.05) is 36.4 Å². The normalized spacial score (nSPS) is 9.75. The lowest BCUT2D eigenvalue weighted by Crippen LogP contribution is -1.87. The van der Waals surface area contributed by atoms with Gasteiger partial charge in [0.05, 0.1) is 5.56 Å². The van der Waals surface area contributed by atoms with Crippen LogP contribution in [0.15, 0.2) is 40.9 Å². The number of hydrogen-bond donors (Lipinski definition) is 1. The second-order valence-corrected chi connectivity index (χ2v) is 4.47. The van der Waals surface area contributed by atoms with Gasteiger partial charge in [0, 0.05) is 15.7 Å². The molecule has 4 heteroatoms. The van der Waals surface area contributed by atoms with Crippen molar-refractivity contribution in [2.45, 2.75) is 0 Å². The Morgan fingerprint density at radius 3 is 2.56 bits per heavy atom. The van der Waals surface area contributed by atoms with Crippen molar-refractivity contribution >= 4 is 28.1 Å². The van der Waals surface area contributed by atoms with Gasteiger partial charge < -0.3 is 4.98 Å². The molecule has 0 radical (unpaired) electrons. The summed E-state index contributed by atoms with van der Waals surface area (Å²) in [7, 11) is 0. The molecule has 2 aromatic rings. The molecule has 0 unspecified atom stereocenters. The van der Waals surface area contributed by atoms with E-state index in [1.54, 1.807) is 6.07 Å². The van der Waals surface area contributed by atoms with Gasteiger partial charge >= 0.3 is 0 Å². The van der Waals surface area contributed by atoms with Crippen LogP contribution in [0.1, 0.15) is 5.56 Å². The summed E-state index contributed by atoms with van der Waals surface area (Å²) in [4.78, 5) is 3.05. The fraction of sp³-hybridized carbons (Fsp3) is 0. The Labute approximate surface area is 107 Å². The second-order valence-electron chi connectivity index (χ2n) is 3.21. The Bertz CT molecular complexity index is 625. The number of nitrogens with one attached hydrogen (secondary N) is 1. The lowest BCUT2D eigenvalue weighted by Gasteiger charge is -2.04. The smallest absolute Gasteiger partial charge is 0.121 e. The maximum Gasteiger partial charge on any atom is 0.121 e. The van der Waals surface area contributed by atoms with Crippen LogP contribution in [0.4, 0.5) is 0 Å². The van der Waals surface area contributed by atoms with E-state index in [9.17, 15) is 0 Å². The molecule has 2 nitrogen and oxygen atoms in total. The van der Waals surface area contributed by atoms with Gasteiger partial charge in [-0.25, -0.2) is 0 Å². The van der Waals surface area contributed by atoms with Crippen molar-refractivity contribution in [3.8, 4) is 17.3 Å². The van der Waals surface area contributed by atoms with Gasteiger partial charge in [-0.3, -0.25) is 0 Å². The standard InChI is InChI=1S/C12H7BrN2S/c13-10-4-2-1-3-9(10)11-6-5-8(7-14)12(16)15-11/h1-6H,(H,15,16). The van der Waals surface area contributed by atoms with Crippen molar-refractivity contribution in [3.05, 3.63) is 51.1 Å². The molecule has 0 atom stereocenters. The molecule has 0 saturated heterocycles. The first kappa shape index (κ1) is 11.1. The van der Waals surface area contributed by atoms with Gasteiger partial charge in [-0.2, -0.15) is 5.26 Å². The van der Waals surface area contributed by atoms with E-state index in [-0.39, 0.29) is 0 Å². The molecule has 1 heterocycles. The van der Waals surface area contributed by atoms with Gasteiger partial charge in [0.15, 0.2) is 0 Å². The van der Waals surface area contributed by atoms with Crippen LogP contribution in [0.5, 0.6) is 0 Å². The van der Waals surface area contributed by atoms with Crippen molar-refractivity contribution in [1.82, 2.24) is 4.98 Å². The summed E-state index contributed by atoms with van der Waals surface area (Å²) in [5.74, 6) is 0. The minimum absolute atomic E-state index is 0.468. The number of pyridine rings is 1. The van der Waals surface area contributed by atoms with Gasteiger partial charge in [0.25, 0.3) is 0 Å². The maximum absolute atomic E-state index is 8.79. The molecule has 1 aromatic heterocycles. The Balaban J connectivity index is 2.60. The first-order chi connectivity index (χ1) is 7.72. The molecule has 0 bridgehead atoms. The first-order valence-electron chi connectivity index (χ1n) is 4.60. The third-order valence-corrected chi connectivity index (χ3v) is 3.21. The summed E-state index contributed by atoms with van der Waals surface area (Å²) in [6, 6.07) is 13.5. The molecule has 0 spiro atoms. The van der Waals surface area contributed by atoms with E-state index in [0.717, 1.165) is 15.7 Å². The number of nitrogens with zero attached hydrogens (tertiary/aromatic N) is 1. The molecule has 1 aromatic carbocycles. The fourth-order valence-corrected chi connectivity index (χ4v) is 2.12. The third kappa shape index (κ3) is 2.06. The average Bonchev–Trinajstić information content (AvgIpc) is 2.29. The molecule has 0 aliphatic rings. The van der Waals surface area contributed by atoms with E-state index in [2.05, 4.69) is 20.9 Å². The first-order valence-corrected chi connectivity index (χ1v) is 5.81. The summed E-state index contributed by atoms with van der Waals surface area (Å²) < 4.78 is 1.46. The fourth-order valence-electron chi connectivity index (χ4n) is 1.40. The van der Waals surface area contributed by atoms with E-state index >= 15 is 0 Å². The average molecular weight is 291 g/mol. The summed E-state index contributed by atoms with van der Waals surface area (Å²) in [6.07, 6.45) is 0. The van der Waals surface area contributed by atoms with Crippen LogP contribution in [-0.2, 0) is 0 Å². The summed E-state index contributed by atoms with van der Waals surface area (Å²) in [5, 5.41) is 8.79. The number of hydrogen-bond acceptors (Lipinski definition) is 2. The van der Waals surface area contributed by atoms with Gasteiger partial charge in [0.1, 0.15) is 10.7 Å². The molecule has 78 valence electrons. The van der Waals surface area contributed by atoms with E-state index in [0.29, 0.717) is 10.2 Å². The predicted molar refractivity (Wildman–Crippen MR) is 69.5 cm³/mol. The van der Waals surface area contributed by atoms with Crippen molar-refractivity contribution in [2.75, 3.05) is 0 Å². The highest BCUT2D eigenvalue weighted by molar-refractivity contribution is 9.10. The Hall–Kier alpha value is -1.44. The van der Waals surface area contributed by atoms with E-state index in [4.69, 9.17) is 17.5 Å². The number of halogens is 1. The van der Waals surface area contributed by atoms with Crippen LogP contribution in [0.2, 0.25) is 0 Å². The molecule has 2 rings (SSSR count). The number of aromatic nitrogens is 1. The Morgan fingerprint density at radius 2 is 1.94 bits per heavy atom. The highest BCUT2D eigenvalue weighted by Crippen LogP contribution is 2.26. The van der Waals surface area contributed by atoms with Gasteiger partial charge in [-0.1, -0.05) is 46.3 Å². The number of nitriles is 1. The van der Waals surface area contributed by atoms with Crippen molar-refractivity contribution in [2.24, 2.45) is 0 Å². The van der Waals surface area contributed by atoms with Crippen molar-refractivity contribution < 1.29 is 0 Å². The summed E-state index contributed by atoms with van der Waals surface area (Å²) in [5.41, 5.74) is 2.42. The molecule has 0 aliphatic heterocycles. The molecule has 0 amide bonds. The lowest BCUT2D eigenvalue weighted by atomic mass is 10.1. The molecule has 16 heavy (non-hydrogen) atoms. The molecular weight excluding hydrogens is 284 g/mol. The van der Waals surface area contributed by atoms with E-state index in [1.165, 1.54) is 0 Å². The number of rotatable bonds is 1. The van der Waals surface area contributed by atoms with Crippen LogP contribution in [0, 0.1) is 16.0 Å². The highest BCUT2D eigenvalue weighted by atomic mass is 79.9. The lowest BCUT2D eigenvalue weighted by molar-refractivity contribution is 1.27. The largest absolute Gasteiger partial charge is 0.345 e. The summed E-state index contributed by atoms with van der Waals surface area (Å²) in [6.45, 7) is 0. The SMILES string of the molecule is N#Cc1ccc(-c2ccccc2Br)[nH]c1=S. The molecule has 0 saturated carbocycles. The predicted octanol–water partition coefficient (Wildman–Crippen LogP) is 4.05. The van der Waals surface area contributed by atoms with Gasteiger partial charge in [0.2, 0.25) is 0 Å². The minimum Gasteiger partial charge on any atom is -0.345 e. The van der Waals surface area contributed by atoms with Crippen molar-refractivity contribution in [1.29, 1.82) is 5.26 Å². The molecule has 1 N–H and O–H groups in total. The van der Waals surface area contributed by atoms with Crippen LogP contribution >= 0.6 is 28.1 Å². The monoisotopic (exact) mass is 290 g/mol. The maximum atomic E-state index is 8.79. The van der Waals surface area contributed by atoms with E-state index < -0.39 is 0 Å². The Morgan fingerprint density at radius 1 is 1.19 bits per heavy atom. The number of benzene rings is 1. The topological polar surface area (TPSA) is 39.6 Å². The van der Waals surface area contributed by atoms with Crippen LogP contribution in [0.25, 0.3) is 11.3 Å². The quantitative estimate of drug-likeness (QED) is 0.805. The zero-order chi connectivity index (χ0) is 11.5. The van der Waals surface area contributed by atoms with Crippen molar-refractivity contribution in [3.63, 3.8) is 0 Å². The zero-order valence-electron chi connectivity index (χ0n) is 8.20. The number of aromatic amines is 1. The highest BCUT2D eigenvalue weighted by Gasteiger charge is 2.03.